The summed E-state index contributed by atoms with van der Waals surface area (Å²) in [7, 11) is 0. The maximum absolute atomic E-state index is 9.06. The smallest absolute Gasteiger partial charge is 0.117 e. The third kappa shape index (κ3) is 3.14. The highest BCUT2D eigenvalue weighted by atomic mass is 16.3. The van der Waals surface area contributed by atoms with Crippen molar-refractivity contribution >= 4 is 5.69 Å². The van der Waals surface area contributed by atoms with Crippen molar-refractivity contribution in [3.8, 4) is 5.75 Å². The predicted octanol–water partition coefficient (Wildman–Crippen LogP) is 2.12. The van der Waals surface area contributed by atoms with Gasteiger partial charge in [-0.2, -0.15) is 0 Å². The number of nitrogens with one attached hydrogen (secondary N) is 2. The Labute approximate surface area is 96.9 Å². The van der Waals surface area contributed by atoms with Gasteiger partial charge in [0.25, 0.3) is 0 Å². The molecule has 16 heavy (non-hydrogen) atoms. The zero-order valence-corrected chi connectivity index (χ0v) is 9.63. The van der Waals surface area contributed by atoms with Crippen LogP contribution in [0.1, 0.15) is 24.8 Å². The molecule has 2 aliphatic rings. The highest BCUT2D eigenvalue weighted by molar-refractivity contribution is 5.58. The average molecular weight is 220 g/mol. The van der Waals surface area contributed by atoms with Gasteiger partial charge in [0, 0.05) is 18.3 Å². The number of aromatic hydroxyl groups is 1. The molecular weight excluding hydrogens is 200 g/mol. The number of piperidine rings is 1. The quantitative estimate of drug-likeness (QED) is 0.627. The Morgan fingerprint density at radius 1 is 1.00 bits per heavy atom. The number of anilines is 1. The maximum atomic E-state index is 9.06. The second kappa shape index (κ2) is 5.75. The molecule has 1 aromatic rings. The van der Waals surface area contributed by atoms with Crippen LogP contribution in [0.25, 0.3) is 0 Å². The van der Waals surface area contributed by atoms with Crippen LogP contribution < -0.4 is 10.6 Å². The summed E-state index contributed by atoms with van der Waals surface area (Å²) < 4.78 is 0. The highest BCUT2D eigenvalue weighted by Gasteiger charge is 2.08. The van der Waals surface area contributed by atoms with Crippen LogP contribution in [-0.2, 0) is 6.42 Å². The molecule has 0 aromatic heterocycles. The lowest BCUT2D eigenvalue weighted by Gasteiger charge is -2.08. The van der Waals surface area contributed by atoms with Crippen LogP contribution in [0.4, 0.5) is 5.69 Å². The van der Waals surface area contributed by atoms with E-state index in [1.807, 2.05) is 6.07 Å². The van der Waals surface area contributed by atoms with Gasteiger partial charge in [-0.1, -0.05) is 12.5 Å². The van der Waals surface area contributed by atoms with E-state index in [-0.39, 0.29) is 0 Å². The molecule has 3 nitrogen and oxygen atoms in total. The van der Waals surface area contributed by atoms with E-state index in [0.717, 1.165) is 18.7 Å². The van der Waals surface area contributed by atoms with E-state index in [9.17, 15) is 0 Å². The van der Waals surface area contributed by atoms with Crippen LogP contribution in [0.3, 0.4) is 0 Å². The molecule has 1 aromatic carbocycles. The Morgan fingerprint density at radius 2 is 1.81 bits per heavy atom. The number of hydrogen-bond acceptors (Lipinski definition) is 3. The Bertz CT molecular complexity index is 323. The first-order valence-corrected chi connectivity index (χ1v) is 6.13. The molecule has 0 radical (unpaired) electrons. The summed E-state index contributed by atoms with van der Waals surface area (Å²) >= 11 is 0. The van der Waals surface area contributed by atoms with E-state index in [4.69, 9.17) is 5.11 Å². The van der Waals surface area contributed by atoms with Crippen molar-refractivity contribution in [2.75, 3.05) is 25.0 Å². The lowest BCUT2D eigenvalue weighted by atomic mass is 10.2. The van der Waals surface area contributed by atoms with Gasteiger partial charge >= 0.3 is 0 Å². The van der Waals surface area contributed by atoms with Gasteiger partial charge in [0.15, 0.2) is 0 Å². The molecular formula is C13H20N2O. The van der Waals surface area contributed by atoms with Crippen molar-refractivity contribution in [3.63, 3.8) is 0 Å². The fourth-order valence-corrected chi connectivity index (χ4v) is 2.08. The molecule has 3 rings (SSSR count). The molecule has 88 valence electrons. The van der Waals surface area contributed by atoms with Crippen LogP contribution in [-0.4, -0.2) is 24.7 Å². The van der Waals surface area contributed by atoms with Crippen LogP contribution >= 0.6 is 0 Å². The maximum Gasteiger partial charge on any atom is 0.117 e. The number of rotatable bonds is 0. The number of phenols is 1. The summed E-state index contributed by atoms with van der Waals surface area (Å²) in [6.45, 7) is 3.50. The van der Waals surface area contributed by atoms with Gasteiger partial charge in [-0.3, -0.25) is 0 Å². The minimum Gasteiger partial charge on any atom is -0.508 e. The Hall–Kier alpha value is -1.22. The van der Waals surface area contributed by atoms with Gasteiger partial charge in [0.05, 0.1) is 0 Å². The van der Waals surface area contributed by atoms with Crippen molar-refractivity contribution in [1.82, 2.24) is 5.32 Å². The third-order valence-electron chi connectivity index (χ3n) is 3.01. The first-order chi connectivity index (χ1) is 7.86. The van der Waals surface area contributed by atoms with Crippen LogP contribution in [0.2, 0.25) is 0 Å². The van der Waals surface area contributed by atoms with Gasteiger partial charge in [-0.05, 0) is 44.0 Å². The average Bonchev–Trinajstić information content (AvgIpc) is 2.79. The normalized spacial score (nSPS) is 18.0. The summed E-state index contributed by atoms with van der Waals surface area (Å²) in [5.74, 6) is 0.341. The summed E-state index contributed by atoms with van der Waals surface area (Å²) in [4.78, 5) is 0. The summed E-state index contributed by atoms with van der Waals surface area (Å²) in [5, 5.41) is 15.5. The van der Waals surface area contributed by atoms with Crippen LogP contribution in [0.15, 0.2) is 18.2 Å². The summed E-state index contributed by atoms with van der Waals surface area (Å²) in [5.41, 5.74) is 2.39. The molecule has 1 fully saturated rings. The topological polar surface area (TPSA) is 44.3 Å². The highest BCUT2D eigenvalue weighted by Crippen LogP contribution is 2.25. The van der Waals surface area contributed by atoms with Crippen molar-refractivity contribution in [2.24, 2.45) is 0 Å². The second-order valence-corrected chi connectivity index (χ2v) is 4.33. The van der Waals surface area contributed by atoms with Crippen molar-refractivity contribution in [3.05, 3.63) is 23.8 Å². The van der Waals surface area contributed by atoms with Gasteiger partial charge < -0.3 is 15.7 Å². The van der Waals surface area contributed by atoms with Crippen molar-refractivity contribution in [2.45, 2.75) is 25.7 Å². The molecule has 2 aliphatic heterocycles. The molecule has 3 N–H and O–H groups in total. The minimum absolute atomic E-state index is 0.341. The third-order valence-corrected chi connectivity index (χ3v) is 3.01. The number of phenolic OH excluding ortho intramolecular Hbond substituents is 1. The number of hydrogen-bond donors (Lipinski definition) is 3. The Morgan fingerprint density at radius 3 is 2.44 bits per heavy atom. The summed E-state index contributed by atoms with van der Waals surface area (Å²) in [6, 6.07) is 5.46. The van der Waals surface area contributed by atoms with Gasteiger partial charge in [0.1, 0.15) is 5.75 Å². The number of fused-ring (bicyclic) bond motifs is 1. The standard InChI is InChI=1S/C8H9NO.C5H11N/c10-7-2-1-6-3-4-9-8(6)5-7;1-2-4-6-5-3-1/h1-2,5,9-10H,3-4H2;6H,1-5H2. The molecule has 0 saturated carbocycles. The van der Waals surface area contributed by atoms with Crippen molar-refractivity contribution in [1.29, 1.82) is 0 Å². The molecule has 0 atom stereocenters. The fourth-order valence-electron chi connectivity index (χ4n) is 2.08. The minimum atomic E-state index is 0.341. The molecule has 2 heterocycles. The van der Waals surface area contributed by atoms with E-state index < -0.39 is 0 Å². The number of benzene rings is 1. The lowest BCUT2D eigenvalue weighted by Crippen LogP contribution is -2.21. The second-order valence-electron chi connectivity index (χ2n) is 4.33. The Kier molecular flexibility index (Phi) is 4.05. The molecule has 0 bridgehead atoms. The largest absolute Gasteiger partial charge is 0.508 e. The lowest BCUT2D eigenvalue weighted by molar-refractivity contribution is 0.475. The zero-order valence-electron chi connectivity index (χ0n) is 9.63. The van der Waals surface area contributed by atoms with Crippen molar-refractivity contribution < 1.29 is 5.11 Å². The van der Waals surface area contributed by atoms with E-state index in [0.29, 0.717) is 5.75 Å². The van der Waals surface area contributed by atoms with Crippen LogP contribution in [0.5, 0.6) is 5.75 Å². The van der Waals surface area contributed by atoms with E-state index >= 15 is 0 Å². The first kappa shape index (κ1) is 11.3. The van der Waals surface area contributed by atoms with E-state index in [2.05, 4.69) is 10.6 Å². The molecule has 0 amide bonds. The van der Waals surface area contributed by atoms with E-state index in [1.165, 1.54) is 37.9 Å². The molecule has 3 heteroatoms. The van der Waals surface area contributed by atoms with Gasteiger partial charge in [-0.15, -0.1) is 0 Å². The molecule has 0 spiro atoms. The first-order valence-electron chi connectivity index (χ1n) is 6.13. The van der Waals surface area contributed by atoms with Crippen LogP contribution in [0, 0.1) is 0 Å². The molecule has 1 saturated heterocycles. The molecule has 0 unspecified atom stereocenters. The van der Waals surface area contributed by atoms with Gasteiger partial charge in [-0.25, -0.2) is 0 Å². The fraction of sp³-hybridized carbons (Fsp3) is 0.538. The SMILES string of the molecule is C1CCNCC1.Oc1ccc2c(c1)NCC2. The Balaban J connectivity index is 0.000000138. The van der Waals surface area contributed by atoms with E-state index in [1.54, 1.807) is 12.1 Å². The summed E-state index contributed by atoms with van der Waals surface area (Å²) in [6.07, 6.45) is 5.29. The zero-order chi connectivity index (χ0) is 11.2. The van der Waals surface area contributed by atoms with Gasteiger partial charge in [0.2, 0.25) is 0 Å². The monoisotopic (exact) mass is 220 g/mol. The molecule has 0 aliphatic carbocycles. The predicted molar refractivity (Wildman–Crippen MR) is 67.0 cm³/mol.